The summed E-state index contributed by atoms with van der Waals surface area (Å²) in [7, 11) is -0.550. The fourth-order valence-corrected chi connectivity index (χ4v) is 2.91. The fourth-order valence-electron chi connectivity index (χ4n) is 1.71. The van der Waals surface area contributed by atoms with E-state index in [9.17, 15) is 8.42 Å². The van der Waals surface area contributed by atoms with Crippen LogP contribution in [0.3, 0.4) is 0 Å². The lowest BCUT2D eigenvalue weighted by Crippen LogP contribution is -2.24. The molecule has 3 N–H and O–H groups in total. The van der Waals surface area contributed by atoms with Gasteiger partial charge in [0, 0.05) is 18.9 Å². The van der Waals surface area contributed by atoms with Crippen LogP contribution in [-0.4, -0.2) is 25.3 Å². The zero-order valence-corrected chi connectivity index (χ0v) is 12.0. The van der Waals surface area contributed by atoms with Crippen molar-refractivity contribution in [3.05, 3.63) is 36.2 Å². The van der Waals surface area contributed by atoms with Gasteiger partial charge in [-0.15, -0.1) is 0 Å². The predicted octanol–water partition coefficient (Wildman–Crippen LogP) is 0.489. The molecule has 0 aliphatic rings. The van der Waals surface area contributed by atoms with Gasteiger partial charge >= 0.3 is 0 Å². The summed E-state index contributed by atoms with van der Waals surface area (Å²) in [6.07, 6.45) is 1.74. The first-order valence-corrected chi connectivity index (χ1v) is 7.32. The van der Waals surface area contributed by atoms with Crippen LogP contribution in [-0.2, 0) is 23.6 Å². The van der Waals surface area contributed by atoms with Crippen LogP contribution >= 0.6 is 0 Å². The molecule has 0 aliphatic heterocycles. The van der Waals surface area contributed by atoms with E-state index in [0.717, 1.165) is 0 Å². The number of anilines is 1. The van der Waals surface area contributed by atoms with Crippen molar-refractivity contribution in [3.63, 3.8) is 0 Å². The zero-order valence-electron chi connectivity index (χ0n) is 11.2. The molecule has 108 valence electrons. The van der Waals surface area contributed by atoms with Gasteiger partial charge in [0.1, 0.15) is 10.6 Å². The minimum absolute atomic E-state index is 0.0101. The van der Waals surface area contributed by atoms with Crippen LogP contribution in [0.15, 0.2) is 35.4 Å². The van der Waals surface area contributed by atoms with Gasteiger partial charge in [-0.2, -0.15) is 5.10 Å². The van der Waals surface area contributed by atoms with Crippen LogP contribution < -0.4 is 15.2 Å². The third-order valence-corrected chi connectivity index (χ3v) is 4.11. The Kier molecular flexibility index (Phi) is 3.96. The number of hydrogen-bond donors (Lipinski definition) is 2. The Labute approximate surface area is 117 Å². The van der Waals surface area contributed by atoms with E-state index in [1.807, 2.05) is 0 Å². The number of nitrogens with two attached hydrogens (primary N) is 1. The summed E-state index contributed by atoms with van der Waals surface area (Å²) in [5.74, 6) is 0.243. The smallest absolute Gasteiger partial charge is 0.244 e. The third-order valence-electron chi connectivity index (χ3n) is 2.69. The lowest BCUT2D eigenvalue weighted by atomic mass is 10.3. The summed E-state index contributed by atoms with van der Waals surface area (Å²) in [6.45, 7) is 0.0983. The summed E-state index contributed by atoms with van der Waals surface area (Å²) in [5.41, 5.74) is 6.60. The lowest BCUT2D eigenvalue weighted by Gasteiger charge is -2.10. The molecule has 0 atom stereocenters. The number of nitrogens with one attached hydrogen (secondary N) is 1. The zero-order chi connectivity index (χ0) is 14.8. The van der Waals surface area contributed by atoms with Crippen molar-refractivity contribution in [1.82, 2.24) is 14.5 Å². The van der Waals surface area contributed by atoms with Crippen LogP contribution in [0.2, 0.25) is 0 Å². The molecule has 0 radical (unpaired) electrons. The number of benzene rings is 1. The van der Waals surface area contributed by atoms with E-state index in [1.165, 1.54) is 19.2 Å². The molecule has 0 bridgehead atoms. The number of hydrogen-bond acceptors (Lipinski definition) is 5. The molecule has 1 aromatic heterocycles. The number of nitrogen functional groups attached to an aromatic ring is 1. The second kappa shape index (κ2) is 5.51. The summed E-state index contributed by atoms with van der Waals surface area (Å²) < 4.78 is 33.6. The van der Waals surface area contributed by atoms with Crippen LogP contribution in [0.25, 0.3) is 0 Å². The van der Waals surface area contributed by atoms with Crippen molar-refractivity contribution < 1.29 is 13.2 Å². The molecule has 8 heteroatoms. The fraction of sp³-hybridized carbons (Fsp3) is 0.250. The van der Waals surface area contributed by atoms with E-state index >= 15 is 0 Å². The van der Waals surface area contributed by atoms with Gasteiger partial charge in [0.05, 0.1) is 19.3 Å². The molecule has 0 saturated carbocycles. The average Bonchev–Trinajstić information content (AvgIpc) is 2.82. The first-order valence-electron chi connectivity index (χ1n) is 5.84. The minimum Gasteiger partial charge on any atom is -0.495 e. The lowest BCUT2D eigenvalue weighted by molar-refractivity contribution is 0.402. The van der Waals surface area contributed by atoms with E-state index in [-0.39, 0.29) is 17.2 Å². The highest BCUT2D eigenvalue weighted by atomic mass is 32.2. The number of aromatic nitrogens is 2. The van der Waals surface area contributed by atoms with Gasteiger partial charge in [-0.1, -0.05) is 0 Å². The maximum absolute atomic E-state index is 12.3. The Morgan fingerprint density at radius 2 is 2.15 bits per heavy atom. The monoisotopic (exact) mass is 296 g/mol. The van der Waals surface area contributed by atoms with Gasteiger partial charge in [-0.05, 0) is 24.3 Å². The SMILES string of the molecule is COc1ccc(N)cc1S(=O)(=O)NCc1ccn(C)n1. The van der Waals surface area contributed by atoms with E-state index in [2.05, 4.69) is 9.82 Å². The molecule has 7 nitrogen and oxygen atoms in total. The van der Waals surface area contributed by atoms with E-state index in [4.69, 9.17) is 10.5 Å². The van der Waals surface area contributed by atoms with Crippen LogP contribution in [0.5, 0.6) is 5.75 Å². The summed E-state index contributed by atoms with van der Waals surface area (Å²) in [6, 6.07) is 6.19. The first kappa shape index (κ1) is 14.4. The van der Waals surface area contributed by atoms with Crippen LogP contribution in [0.1, 0.15) is 5.69 Å². The molecule has 1 aromatic carbocycles. The minimum atomic E-state index is -3.72. The quantitative estimate of drug-likeness (QED) is 0.782. The molecule has 0 unspecified atom stereocenters. The number of aryl methyl sites for hydroxylation is 1. The Bertz CT molecular complexity index is 709. The van der Waals surface area contributed by atoms with Crippen LogP contribution in [0, 0.1) is 0 Å². The molecular weight excluding hydrogens is 280 g/mol. The predicted molar refractivity (Wildman–Crippen MR) is 74.6 cm³/mol. The van der Waals surface area contributed by atoms with E-state index in [0.29, 0.717) is 11.4 Å². The van der Waals surface area contributed by atoms with Gasteiger partial charge in [-0.25, -0.2) is 13.1 Å². The molecule has 0 fully saturated rings. The molecule has 20 heavy (non-hydrogen) atoms. The molecule has 2 aromatic rings. The van der Waals surface area contributed by atoms with Crippen molar-refractivity contribution in [1.29, 1.82) is 0 Å². The van der Waals surface area contributed by atoms with Gasteiger partial charge in [0.2, 0.25) is 10.0 Å². The first-order chi connectivity index (χ1) is 9.42. The molecule has 0 aliphatic carbocycles. The van der Waals surface area contributed by atoms with Gasteiger partial charge in [0.15, 0.2) is 0 Å². The van der Waals surface area contributed by atoms with Crippen molar-refractivity contribution >= 4 is 15.7 Å². The highest BCUT2D eigenvalue weighted by Gasteiger charge is 2.19. The second-order valence-corrected chi connectivity index (χ2v) is 5.95. The normalized spacial score (nSPS) is 11.5. The van der Waals surface area contributed by atoms with Crippen molar-refractivity contribution in [3.8, 4) is 5.75 Å². The van der Waals surface area contributed by atoms with Crippen molar-refractivity contribution in [2.75, 3.05) is 12.8 Å². The maximum Gasteiger partial charge on any atom is 0.244 e. The number of ether oxygens (including phenoxy) is 1. The van der Waals surface area contributed by atoms with Gasteiger partial charge in [-0.3, -0.25) is 4.68 Å². The molecule has 0 saturated heterocycles. The van der Waals surface area contributed by atoms with Crippen molar-refractivity contribution in [2.24, 2.45) is 7.05 Å². The maximum atomic E-state index is 12.3. The Morgan fingerprint density at radius 1 is 1.40 bits per heavy atom. The summed E-state index contributed by atoms with van der Waals surface area (Å²) in [5, 5.41) is 4.10. The standard InChI is InChI=1S/C12H16N4O3S/c1-16-6-5-10(15-16)8-14-20(17,18)12-7-9(13)3-4-11(12)19-2/h3-7,14H,8,13H2,1-2H3. The largest absolute Gasteiger partial charge is 0.495 e. The van der Waals surface area contributed by atoms with E-state index < -0.39 is 10.0 Å². The second-order valence-electron chi connectivity index (χ2n) is 4.22. The molecule has 0 spiro atoms. The topological polar surface area (TPSA) is 99.2 Å². The Hall–Kier alpha value is -2.06. The third kappa shape index (κ3) is 3.09. The Morgan fingerprint density at radius 3 is 2.75 bits per heavy atom. The highest BCUT2D eigenvalue weighted by Crippen LogP contribution is 2.25. The van der Waals surface area contributed by atoms with Gasteiger partial charge < -0.3 is 10.5 Å². The van der Waals surface area contributed by atoms with Crippen molar-refractivity contribution in [2.45, 2.75) is 11.4 Å². The number of nitrogens with zero attached hydrogens (tertiary/aromatic N) is 2. The number of sulfonamides is 1. The summed E-state index contributed by atoms with van der Waals surface area (Å²) in [4.78, 5) is 0.0101. The molecule has 2 rings (SSSR count). The Balaban J connectivity index is 2.24. The highest BCUT2D eigenvalue weighted by molar-refractivity contribution is 7.89. The molecule has 0 amide bonds. The van der Waals surface area contributed by atoms with E-state index in [1.54, 1.807) is 30.1 Å². The van der Waals surface area contributed by atoms with Gasteiger partial charge in [0.25, 0.3) is 0 Å². The number of rotatable bonds is 5. The summed E-state index contributed by atoms with van der Waals surface area (Å²) >= 11 is 0. The van der Waals surface area contributed by atoms with Crippen LogP contribution in [0.4, 0.5) is 5.69 Å². The average molecular weight is 296 g/mol. The molecule has 1 heterocycles. The number of methoxy groups -OCH3 is 1. The molecular formula is C12H16N4O3S.